The lowest BCUT2D eigenvalue weighted by molar-refractivity contribution is 0.0950. The lowest BCUT2D eigenvalue weighted by Gasteiger charge is -2.08. The van der Waals surface area contributed by atoms with E-state index in [1.54, 1.807) is 25.1 Å². The summed E-state index contributed by atoms with van der Waals surface area (Å²) in [5.41, 5.74) is -0.204. The summed E-state index contributed by atoms with van der Waals surface area (Å²) in [7, 11) is 0. The molecule has 0 aliphatic heterocycles. The van der Waals surface area contributed by atoms with Gasteiger partial charge in [-0.25, -0.2) is 4.79 Å². The van der Waals surface area contributed by atoms with Crippen molar-refractivity contribution < 1.29 is 14.3 Å². The average molecular weight is 290 g/mol. The number of aliphatic hydroxyl groups is 1. The first-order valence-corrected chi connectivity index (χ1v) is 6.78. The monoisotopic (exact) mass is 290 g/mol. The Balaban J connectivity index is 1.99. The Kier molecular flexibility index (Phi) is 5.08. The molecule has 2 aromatic rings. The van der Waals surface area contributed by atoms with Gasteiger partial charge in [-0.15, -0.1) is 0 Å². The SMILES string of the molecule is CC(O)CNCCNC(=O)c1cc2ccccc2oc1=O. The molecule has 0 aliphatic carbocycles. The van der Waals surface area contributed by atoms with Crippen molar-refractivity contribution in [3.63, 3.8) is 0 Å². The van der Waals surface area contributed by atoms with Crippen molar-refractivity contribution in [2.45, 2.75) is 13.0 Å². The molecule has 1 aromatic heterocycles. The molecule has 1 heterocycles. The van der Waals surface area contributed by atoms with Crippen molar-refractivity contribution in [2.75, 3.05) is 19.6 Å². The Morgan fingerprint density at radius 2 is 2.10 bits per heavy atom. The molecule has 1 atom stereocenters. The Bertz CT molecular complexity index is 679. The van der Waals surface area contributed by atoms with E-state index in [9.17, 15) is 9.59 Å². The fourth-order valence-corrected chi connectivity index (χ4v) is 1.89. The highest BCUT2D eigenvalue weighted by Gasteiger charge is 2.12. The van der Waals surface area contributed by atoms with Gasteiger partial charge < -0.3 is 20.2 Å². The second-order valence-electron chi connectivity index (χ2n) is 4.79. The van der Waals surface area contributed by atoms with E-state index in [0.29, 0.717) is 30.6 Å². The quantitative estimate of drug-likeness (QED) is 0.532. The highest BCUT2D eigenvalue weighted by molar-refractivity contribution is 5.96. The van der Waals surface area contributed by atoms with E-state index in [2.05, 4.69) is 10.6 Å². The number of aliphatic hydroxyl groups excluding tert-OH is 1. The molecule has 112 valence electrons. The molecule has 21 heavy (non-hydrogen) atoms. The zero-order valence-electron chi connectivity index (χ0n) is 11.8. The van der Waals surface area contributed by atoms with Gasteiger partial charge in [0.2, 0.25) is 0 Å². The lowest BCUT2D eigenvalue weighted by atomic mass is 10.2. The lowest BCUT2D eigenvalue weighted by Crippen LogP contribution is -2.36. The second-order valence-corrected chi connectivity index (χ2v) is 4.79. The number of rotatable bonds is 6. The largest absolute Gasteiger partial charge is 0.422 e. The minimum Gasteiger partial charge on any atom is -0.422 e. The smallest absolute Gasteiger partial charge is 0.349 e. The number of hydrogen-bond donors (Lipinski definition) is 3. The van der Waals surface area contributed by atoms with Crippen LogP contribution in [-0.4, -0.2) is 36.8 Å². The average Bonchev–Trinajstić information content (AvgIpc) is 2.45. The minimum absolute atomic E-state index is 0.00998. The van der Waals surface area contributed by atoms with Crippen LogP contribution in [0, 0.1) is 0 Å². The molecule has 0 bridgehead atoms. The van der Waals surface area contributed by atoms with Crippen LogP contribution in [0.5, 0.6) is 0 Å². The van der Waals surface area contributed by atoms with Crippen LogP contribution >= 0.6 is 0 Å². The van der Waals surface area contributed by atoms with Gasteiger partial charge in [-0.2, -0.15) is 0 Å². The van der Waals surface area contributed by atoms with Gasteiger partial charge in [0.25, 0.3) is 5.91 Å². The molecule has 1 amide bonds. The van der Waals surface area contributed by atoms with Gasteiger partial charge in [0.15, 0.2) is 0 Å². The van der Waals surface area contributed by atoms with Crippen molar-refractivity contribution in [1.82, 2.24) is 10.6 Å². The van der Waals surface area contributed by atoms with Gasteiger partial charge in [0.1, 0.15) is 11.1 Å². The Morgan fingerprint density at radius 3 is 2.86 bits per heavy atom. The van der Waals surface area contributed by atoms with Crippen LogP contribution in [0.2, 0.25) is 0 Å². The summed E-state index contributed by atoms with van der Waals surface area (Å²) in [6, 6.07) is 8.56. The molecule has 0 saturated heterocycles. The highest BCUT2D eigenvalue weighted by atomic mass is 16.4. The van der Waals surface area contributed by atoms with Gasteiger partial charge >= 0.3 is 5.63 Å². The molecule has 6 heteroatoms. The predicted molar refractivity (Wildman–Crippen MR) is 79.4 cm³/mol. The van der Waals surface area contributed by atoms with E-state index in [1.807, 2.05) is 6.07 Å². The number of para-hydroxylation sites is 1. The van der Waals surface area contributed by atoms with Crippen molar-refractivity contribution >= 4 is 16.9 Å². The van der Waals surface area contributed by atoms with Crippen molar-refractivity contribution in [1.29, 1.82) is 0 Å². The van der Waals surface area contributed by atoms with E-state index >= 15 is 0 Å². The van der Waals surface area contributed by atoms with Gasteiger partial charge in [-0.3, -0.25) is 4.79 Å². The zero-order valence-corrected chi connectivity index (χ0v) is 11.8. The van der Waals surface area contributed by atoms with Gasteiger partial charge in [-0.05, 0) is 19.1 Å². The molecule has 1 aromatic carbocycles. The van der Waals surface area contributed by atoms with Crippen molar-refractivity contribution in [2.24, 2.45) is 0 Å². The molecule has 1 unspecified atom stereocenters. The maximum Gasteiger partial charge on any atom is 0.349 e. The molecule has 3 N–H and O–H groups in total. The van der Waals surface area contributed by atoms with Gasteiger partial charge in [-0.1, -0.05) is 18.2 Å². The van der Waals surface area contributed by atoms with E-state index in [4.69, 9.17) is 9.52 Å². The van der Waals surface area contributed by atoms with Crippen LogP contribution in [-0.2, 0) is 0 Å². The number of fused-ring (bicyclic) bond motifs is 1. The number of carbonyl (C=O) groups is 1. The normalized spacial score (nSPS) is 12.3. The first kappa shape index (κ1) is 15.2. The number of benzene rings is 1. The number of hydrogen-bond acceptors (Lipinski definition) is 5. The maximum absolute atomic E-state index is 12.0. The summed E-state index contributed by atoms with van der Waals surface area (Å²) in [5.74, 6) is -0.464. The third-order valence-corrected chi connectivity index (χ3v) is 2.91. The minimum atomic E-state index is -0.650. The summed E-state index contributed by atoms with van der Waals surface area (Å²) in [6.45, 7) is 2.99. The summed E-state index contributed by atoms with van der Waals surface area (Å²) in [4.78, 5) is 23.7. The molecule has 0 fully saturated rings. The third kappa shape index (κ3) is 4.14. The number of amides is 1. The third-order valence-electron chi connectivity index (χ3n) is 2.91. The van der Waals surface area contributed by atoms with Crippen molar-refractivity contribution in [3.8, 4) is 0 Å². The summed E-state index contributed by atoms with van der Waals surface area (Å²) in [6.07, 6.45) is -0.437. The Morgan fingerprint density at radius 1 is 1.33 bits per heavy atom. The van der Waals surface area contributed by atoms with Crippen molar-refractivity contribution in [3.05, 3.63) is 46.3 Å². The van der Waals surface area contributed by atoms with E-state index in [1.165, 1.54) is 6.07 Å². The van der Waals surface area contributed by atoms with E-state index in [0.717, 1.165) is 0 Å². The van der Waals surface area contributed by atoms with Crippen LogP contribution in [0.3, 0.4) is 0 Å². The fourth-order valence-electron chi connectivity index (χ4n) is 1.89. The second kappa shape index (κ2) is 7.01. The summed E-state index contributed by atoms with van der Waals surface area (Å²) < 4.78 is 5.11. The van der Waals surface area contributed by atoms with Gasteiger partial charge in [0, 0.05) is 25.0 Å². The zero-order chi connectivity index (χ0) is 15.2. The molecule has 6 nitrogen and oxygen atoms in total. The first-order chi connectivity index (χ1) is 10.1. The fraction of sp³-hybridized carbons (Fsp3) is 0.333. The molecule has 0 spiro atoms. The highest BCUT2D eigenvalue weighted by Crippen LogP contribution is 2.12. The maximum atomic E-state index is 12.0. The van der Waals surface area contributed by atoms with Crippen LogP contribution in [0.4, 0.5) is 0 Å². The van der Waals surface area contributed by atoms with Crippen LogP contribution in [0.25, 0.3) is 11.0 Å². The number of carbonyl (C=O) groups excluding carboxylic acids is 1. The molecular formula is C15H18N2O4. The summed E-state index contributed by atoms with van der Waals surface area (Å²) in [5, 5.41) is 15.4. The Labute approximate surface area is 121 Å². The van der Waals surface area contributed by atoms with Crippen LogP contribution in [0.15, 0.2) is 39.5 Å². The molecular weight excluding hydrogens is 272 g/mol. The predicted octanol–water partition coefficient (Wildman–Crippen LogP) is 0.493. The van der Waals surface area contributed by atoms with Gasteiger partial charge in [0.05, 0.1) is 6.10 Å². The molecule has 0 saturated carbocycles. The first-order valence-electron chi connectivity index (χ1n) is 6.78. The number of nitrogens with one attached hydrogen (secondary N) is 2. The molecule has 2 rings (SSSR count). The van der Waals surface area contributed by atoms with Crippen LogP contribution in [0.1, 0.15) is 17.3 Å². The Hall–Kier alpha value is -2.18. The van der Waals surface area contributed by atoms with E-state index < -0.39 is 17.6 Å². The molecule has 0 radical (unpaired) electrons. The summed E-state index contributed by atoms with van der Waals surface area (Å²) >= 11 is 0. The van der Waals surface area contributed by atoms with E-state index in [-0.39, 0.29) is 5.56 Å². The molecule has 0 aliphatic rings. The standard InChI is InChI=1S/C15H18N2O4/c1-10(18)9-16-6-7-17-14(19)12-8-11-4-2-3-5-13(11)21-15(12)20/h2-5,8,10,16,18H,6-7,9H2,1H3,(H,17,19). The topological polar surface area (TPSA) is 91.6 Å². The van der Waals surface area contributed by atoms with Crippen LogP contribution < -0.4 is 16.3 Å².